The third-order valence-corrected chi connectivity index (χ3v) is 7.26. The van der Waals surface area contributed by atoms with E-state index in [1.165, 1.54) is 32.9 Å². The second-order valence-corrected chi connectivity index (χ2v) is 11.1. The first-order valence-electron chi connectivity index (χ1n) is 9.33. The van der Waals surface area contributed by atoms with Crippen molar-refractivity contribution in [3.05, 3.63) is 82.0 Å². The van der Waals surface area contributed by atoms with E-state index < -0.39 is 0 Å². The molecule has 0 amide bonds. The Balaban J connectivity index is 0.000000261. The summed E-state index contributed by atoms with van der Waals surface area (Å²) in [6.45, 7) is 15.6. The molecule has 0 spiro atoms. The molecule has 0 unspecified atom stereocenters. The van der Waals surface area contributed by atoms with Gasteiger partial charge in [0.05, 0.1) is 0 Å². The van der Waals surface area contributed by atoms with E-state index in [4.69, 9.17) is 19.4 Å². The van der Waals surface area contributed by atoms with Crippen LogP contribution in [-0.2, 0) is 15.1 Å². The van der Waals surface area contributed by atoms with Crippen LogP contribution >= 0.6 is 28.0 Å². The fourth-order valence-corrected chi connectivity index (χ4v) is 4.35. The topological polar surface area (TPSA) is 0 Å². The number of allylic oxidation sites excluding steroid dienone is 4. The molecule has 0 saturated carbocycles. The molecular formula is C24H31Cl2PRu. The van der Waals surface area contributed by atoms with Crippen LogP contribution in [0.2, 0.25) is 0 Å². The normalized spacial score (nSPS) is 13.9. The minimum atomic E-state index is -0.346. The van der Waals surface area contributed by atoms with Gasteiger partial charge >= 0.3 is 34.5 Å². The van der Waals surface area contributed by atoms with Gasteiger partial charge in [-0.1, -0.05) is 75.2 Å². The van der Waals surface area contributed by atoms with Crippen LogP contribution in [0.1, 0.15) is 45.7 Å². The van der Waals surface area contributed by atoms with Crippen molar-refractivity contribution in [3.8, 4) is 0 Å². The average Bonchev–Trinajstić information content (AvgIpc) is 2.84. The Morgan fingerprint density at radius 1 is 0.679 bits per heavy atom. The number of hydrogen-bond donors (Lipinski definition) is 0. The van der Waals surface area contributed by atoms with Crippen LogP contribution in [0.3, 0.4) is 0 Å². The molecule has 3 rings (SSSR count). The summed E-state index contributed by atoms with van der Waals surface area (Å²) in [6.07, 6.45) is 0. The van der Waals surface area contributed by atoms with Crippen LogP contribution in [0.4, 0.5) is 0 Å². The monoisotopic (exact) mass is 522 g/mol. The van der Waals surface area contributed by atoms with Gasteiger partial charge in [-0.3, -0.25) is 0 Å². The van der Waals surface area contributed by atoms with E-state index in [0.717, 1.165) is 8.58 Å². The summed E-state index contributed by atoms with van der Waals surface area (Å²) in [6, 6.07) is 17.2. The van der Waals surface area contributed by atoms with E-state index >= 15 is 0 Å². The van der Waals surface area contributed by atoms with Crippen LogP contribution in [0.25, 0.3) is 0 Å². The van der Waals surface area contributed by atoms with Gasteiger partial charge in [0.1, 0.15) is 0 Å². The van der Waals surface area contributed by atoms with E-state index in [0.29, 0.717) is 5.92 Å². The van der Waals surface area contributed by atoms with E-state index in [2.05, 4.69) is 97.0 Å². The SMILES string of the molecule is CC1=C(C)C(C)C(C)=C1C.Cc1ccccc1Pc1ccccc1C.[Cl][Ru][Cl]. The molecule has 0 bridgehead atoms. The molecule has 2 aromatic carbocycles. The molecule has 1 aliphatic carbocycles. The Morgan fingerprint density at radius 2 is 1.00 bits per heavy atom. The maximum atomic E-state index is 4.85. The van der Waals surface area contributed by atoms with Crippen molar-refractivity contribution >= 4 is 38.6 Å². The van der Waals surface area contributed by atoms with Gasteiger partial charge < -0.3 is 0 Å². The number of rotatable bonds is 2. The molecule has 0 saturated heterocycles. The van der Waals surface area contributed by atoms with Crippen molar-refractivity contribution in [2.75, 3.05) is 0 Å². The van der Waals surface area contributed by atoms with Gasteiger partial charge in [-0.25, -0.2) is 0 Å². The summed E-state index contributed by atoms with van der Waals surface area (Å²) in [4.78, 5) is 0. The molecule has 0 radical (unpaired) electrons. The van der Waals surface area contributed by atoms with Gasteiger partial charge in [0.25, 0.3) is 0 Å². The molecule has 0 aromatic heterocycles. The quantitative estimate of drug-likeness (QED) is 0.281. The molecule has 0 heterocycles. The predicted molar refractivity (Wildman–Crippen MR) is 128 cm³/mol. The van der Waals surface area contributed by atoms with Crippen LogP contribution in [0.5, 0.6) is 0 Å². The zero-order valence-corrected chi connectivity index (χ0v) is 22.1. The molecule has 0 aliphatic heterocycles. The van der Waals surface area contributed by atoms with Gasteiger partial charge in [-0.05, 0) is 80.3 Å². The number of aryl methyl sites for hydroxylation is 2. The van der Waals surface area contributed by atoms with E-state index in [9.17, 15) is 0 Å². The summed E-state index contributed by atoms with van der Waals surface area (Å²) < 4.78 is 0. The van der Waals surface area contributed by atoms with Crippen molar-refractivity contribution in [1.82, 2.24) is 0 Å². The fraction of sp³-hybridized carbons (Fsp3) is 0.333. The summed E-state index contributed by atoms with van der Waals surface area (Å²) in [5.41, 5.74) is 8.89. The summed E-state index contributed by atoms with van der Waals surface area (Å²) in [7, 11) is 10.5. The van der Waals surface area contributed by atoms with Crippen molar-refractivity contribution in [2.24, 2.45) is 5.92 Å². The van der Waals surface area contributed by atoms with Crippen molar-refractivity contribution in [2.45, 2.75) is 48.5 Å². The second kappa shape index (κ2) is 13.0. The molecule has 4 heteroatoms. The number of benzene rings is 2. The average molecular weight is 522 g/mol. The molecule has 0 fully saturated rings. The molecule has 2 aromatic rings. The molecule has 28 heavy (non-hydrogen) atoms. The minimum absolute atomic E-state index is 0.346. The predicted octanol–water partition coefficient (Wildman–Crippen LogP) is 7.62. The first-order valence-corrected chi connectivity index (χ1v) is 14.8. The van der Waals surface area contributed by atoms with Crippen LogP contribution in [0.15, 0.2) is 70.8 Å². The van der Waals surface area contributed by atoms with Crippen molar-refractivity contribution in [1.29, 1.82) is 0 Å². The Bertz CT molecular complexity index is 773. The van der Waals surface area contributed by atoms with Gasteiger partial charge in [0, 0.05) is 0 Å². The molecule has 0 atom stereocenters. The van der Waals surface area contributed by atoms with E-state index in [1.807, 2.05) is 0 Å². The van der Waals surface area contributed by atoms with E-state index in [1.54, 1.807) is 11.1 Å². The fourth-order valence-electron chi connectivity index (χ4n) is 3.14. The molecule has 0 N–H and O–H groups in total. The van der Waals surface area contributed by atoms with Gasteiger partial charge in [0.15, 0.2) is 0 Å². The van der Waals surface area contributed by atoms with Crippen LogP contribution < -0.4 is 10.6 Å². The Kier molecular flexibility index (Phi) is 11.9. The first-order chi connectivity index (χ1) is 13.2. The summed E-state index contributed by atoms with van der Waals surface area (Å²) in [5.74, 6) is 0.694. The maximum absolute atomic E-state index is 4.85. The molecule has 0 nitrogen and oxygen atoms in total. The number of hydrogen-bond acceptors (Lipinski definition) is 0. The number of halogens is 2. The summed E-state index contributed by atoms with van der Waals surface area (Å²) in [5, 5.41) is 2.90. The molecule has 154 valence electrons. The van der Waals surface area contributed by atoms with Crippen molar-refractivity contribution in [3.63, 3.8) is 0 Å². The first kappa shape index (κ1) is 25.6. The van der Waals surface area contributed by atoms with Gasteiger partial charge in [-0.2, -0.15) is 0 Å². The Hall–Kier alpha value is -0.447. The van der Waals surface area contributed by atoms with Crippen LogP contribution in [-0.4, -0.2) is 0 Å². The third kappa shape index (κ3) is 7.42. The molecule has 1 aliphatic rings. The zero-order valence-electron chi connectivity index (χ0n) is 17.8. The Morgan fingerprint density at radius 3 is 1.25 bits per heavy atom. The zero-order chi connectivity index (χ0) is 21.3. The van der Waals surface area contributed by atoms with E-state index in [-0.39, 0.29) is 15.1 Å². The standard InChI is InChI=1S/C14H15P.C10H16.2ClH.Ru/c1-11-7-3-5-9-13(11)15-14-10-6-4-8-12(14)2;1-6-7(2)9(4)10(5)8(6)3;;;/h3-10,15H,1-2H3;6H,1-5H3;2*1H;/q;;;;+2/p-2. The molecular weight excluding hydrogens is 491 g/mol. The summed E-state index contributed by atoms with van der Waals surface area (Å²) >= 11 is -0.346. The van der Waals surface area contributed by atoms with Gasteiger partial charge in [0.2, 0.25) is 0 Å². The third-order valence-electron chi connectivity index (χ3n) is 5.60. The van der Waals surface area contributed by atoms with Gasteiger partial charge in [-0.15, -0.1) is 0 Å². The van der Waals surface area contributed by atoms with Crippen molar-refractivity contribution < 1.29 is 15.1 Å². The Labute approximate surface area is 189 Å². The van der Waals surface area contributed by atoms with Crippen LogP contribution in [0, 0.1) is 19.8 Å². The second-order valence-electron chi connectivity index (χ2n) is 7.14.